The molecule has 3 aliphatic rings. The average Bonchev–Trinajstić information content (AvgIpc) is 3.21. The Bertz CT molecular complexity index is 2000. The quantitative estimate of drug-likeness (QED) is 0.160. The number of allylic oxidation sites excluding steroid dienone is 1. The number of hydrogen-bond donors (Lipinski definition) is 0. The summed E-state index contributed by atoms with van der Waals surface area (Å²) < 4.78 is 0. The summed E-state index contributed by atoms with van der Waals surface area (Å²) >= 11 is 0. The number of benzene rings is 5. The molecule has 0 aromatic heterocycles. The standard InChI is InChI=1S/C38H29NO2/c1-37(2)28-12-7-8-15-31(28)39-32-19-17-23-20-22(21-27-35(40)25-10-5-6-11-26(25)36(27)41)16-18-24(23)33(32)38(3,4)30-14-9-13-29(37)34(30)39/h5-21H,1-4H3. The molecule has 5 aromatic carbocycles. The highest BCUT2D eigenvalue weighted by Gasteiger charge is 2.45. The minimum absolute atomic E-state index is 0.111. The van der Waals surface area contributed by atoms with Gasteiger partial charge < -0.3 is 4.90 Å². The van der Waals surface area contributed by atoms with Crippen molar-refractivity contribution in [3.8, 4) is 0 Å². The van der Waals surface area contributed by atoms with E-state index in [-0.39, 0.29) is 28.0 Å². The van der Waals surface area contributed by atoms with Crippen LogP contribution in [-0.4, -0.2) is 11.6 Å². The molecule has 3 heteroatoms. The van der Waals surface area contributed by atoms with Crippen LogP contribution >= 0.6 is 0 Å². The Morgan fingerprint density at radius 3 is 1.98 bits per heavy atom. The van der Waals surface area contributed by atoms with Crippen molar-refractivity contribution in [2.24, 2.45) is 0 Å². The number of anilines is 3. The summed E-state index contributed by atoms with van der Waals surface area (Å²) in [6.07, 6.45) is 1.75. The molecule has 2 aliphatic heterocycles. The number of fused-ring (bicyclic) bond motifs is 7. The summed E-state index contributed by atoms with van der Waals surface area (Å²) in [5.41, 5.74) is 10.7. The monoisotopic (exact) mass is 531 g/mol. The molecule has 8 rings (SSSR count). The number of carbonyl (C=O) groups excluding carboxylic acids is 2. The largest absolute Gasteiger partial charge is 0.309 e. The second kappa shape index (κ2) is 7.92. The van der Waals surface area contributed by atoms with Gasteiger partial charge in [-0.1, -0.05) is 107 Å². The second-order valence-corrected chi connectivity index (χ2v) is 12.5. The summed E-state index contributed by atoms with van der Waals surface area (Å²) in [6, 6.07) is 33.3. The smallest absolute Gasteiger partial charge is 0.197 e. The summed E-state index contributed by atoms with van der Waals surface area (Å²) in [4.78, 5) is 28.5. The molecular formula is C38H29NO2. The van der Waals surface area contributed by atoms with Crippen LogP contribution in [0.4, 0.5) is 17.1 Å². The number of carbonyl (C=O) groups is 2. The van der Waals surface area contributed by atoms with Gasteiger partial charge in [0.25, 0.3) is 0 Å². The Hall–Kier alpha value is -4.76. The van der Waals surface area contributed by atoms with E-state index >= 15 is 0 Å². The predicted molar refractivity (Wildman–Crippen MR) is 166 cm³/mol. The fourth-order valence-corrected chi connectivity index (χ4v) is 7.48. The number of para-hydroxylation sites is 2. The predicted octanol–water partition coefficient (Wildman–Crippen LogP) is 9.05. The first-order chi connectivity index (χ1) is 19.7. The van der Waals surface area contributed by atoms with E-state index in [1.54, 1.807) is 30.3 Å². The summed E-state index contributed by atoms with van der Waals surface area (Å²) in [6.45, 7) is 9.32. The lowest BCUT2D eigenvalue weighted by atomic mass is 9.66. The van der Waals surface area contributed by atoms with Gasteiger partial charge in [0.15, 0.2) is 11.6 Å². The first-order valence-electron chi connectivity index (χ1n) is 14.2. The maximum absolute atomic E-state index is 13.0. The SMILES string of the molecule is CC1(C)c2ccccc2N2c3ccc4cc(C=C5C(=O)c6ccccc6C5=O)ccc4c3C(C)(C)c3cccc1c32. The van der Waals surface area contributed by atoms with Gasteiger partial charge >= 0.3 is 0 Å². The number of hydrogen-bond acceptors (Lipinski definition) is 3. The van der Waals surface area contributed by atoms with E-state index in [1.807, 2.05) is 6.07 Å². The van der Waals surface area contributed by atoms with Crippen LogP contribution in [0.2, 0.25) is 0 Å². The third-order valence-corrected chi connectivity index (χ3v) is 9.53. The van der Waals surface area contributed by atoms with Gasteiger partial charge in [0.1, 0.15) is 0 Å². The zero-order valence-corrected chi connectivity index (χ0v) is 23.6. The molecule has 0 saturated carbocycles. The summed E-state index contributed by atoms with van der Waals surface area (Å²) in [5.74, 6) is -0.396. The van der Waals surface area contributed by atoms with Gasteiger partial charge in [-0.2, -0.15) is 0 Å². The Kier molecular flexibility index (Phi) is 4.65. The van der Waals surface area contributed by atoms with E-state index < -0.39 is 0 Å². The van der Waals surface area contributed by atoms with Crippen LogP contribution in [0.25, 0.3) is 16.8 Å². The summed E-state index contributed by atoms with van der Waals surface area (Å²) in [7, 11) is 0. The summed E-state index contributed by atoms with van der Waals surface area (Å²) in [5, 5.41) is 2.27. The molecule has 0 unspecified atom stereocenters. The lowest BCUT2D eigenvalue weighted by Crippen LogP contribution is -2.38. The lowest BCUT2D eigenvalue weighted by molar-refractivity contribution is 0.0990. The highest BCUT2D eigenvalue weighted by atomic mass is 16.2. The number of nitrogens with zero attached hydrogens (tertiary/aromatic N) is 1. The minimum atomic E-state index is -0.238. The van der Waals surface area contributed by atoms with Gasteiger partial charge in [0.2, 0.25) is 0 Å². The van der Waals surface area contributed by atoms with Crippen LogP contribution in [0.3, 0.4) is 0 Å². The van der Waals surface area contributed by atoms with Gasteiger partial charge in [-0.3, -0.25) is 9.59 Å². The van der Waals surface area contributed by atoms with Gasteiger partial charge in [-0.25, -0.2) is 0 Å². The molecule has 0 amide bonds. The van der Waals surface area contributed by atoms with Crippen LogP contribution in [-0.2, 0) is 10.8 Å². The highest BCUT2D eigenvalue weighted by molar-refractivity contribution is 6.41. The molecule has 0 fully saturated rings. The zero-order valence-electron chi connectivity index (χ0n) is 23.6. The molecule has 0 atom stereocenters. The minimum Gasteiger partial charge on any atom is -0.309 e. The first kappa shape index (κ1) is 24.1. The van der Waals surface area contributed by atoms with Crippen molar-refractivity contribution in [3.63, 3.8) is 0 Å². The Morgan fingerprint density at radius 2 is 1.24 bits per heavy atom. The Labute approximate surface area is 239 Å². The third-order valence-electron chi connectivity index (χ3n) is 9.53. The number of rotatable bonds is 1. The molecule has 41 heavy (non-hydrogen) atoms. The van der Waals surface area contributed by atoms with Crippen molar-refractivity contribution in [1.29, 1.82) is 0 Å². The second-order valence-electron chi connectivity index (χ2n) is 12.5. The van der Waals surface area contributed by atoms with E-state index in [2.05, 4.69) is 99.3 Å². The molecule has 0 bridgehead atoms. The normalized spacial score (nSPS) is 17.2. The molecule has 1 aliphatic carbocycles. The highest BCUT2D eigenvalue weighted by Crippen LogP contribution is 2.60. The van der Waals surface area contributed by atoms with E-state index in [0.29, 0.717) is 11.1 Å². The number of Topliss-reactive ketones (excluding diaryl/α,β-unsaturated/α-hetero) is 2. The molecule has 0 spiro atoms. The van der Waals surface area contributed by atoms with E-state index in [1.165, 1.54) is 44.7 Å². The molecule has 0 N–H and O–H groups in total. The molecule has 0 radical (unpaired) electrons. The molecular weight excluding hydrogens is 502 g/mol. The van der Waals surface area contributed by atoms with E-state index in [9.17, 15) is 9.59 Å². The lowest BCUT2D eigenvalue weighted by Gasteiger charge is -2.49. The van der Waals surface area contributed by atoms with E-state index in [0.717, 1.165) is 10.9 Å². The van der Waals surface area contributed by atoms with Gasteiger partial charge in [-0.05, 0) is 62.9 Å². The molecule has 5 aromatic rings. The Balaban J connectivity index is 1.33. The zero-order chi connectivity index (χ0) is 28.3. The van der Waals surface area contributed by atoms with Crippen LogP contribution in [0.1, 0.15) is 76.2 Å². The number of ketones is 2. The van der Waals surface area contributed by atoms with Gasteiger partial charge in [-0.15, -0.1) is 0 Å². The van der Waals surface area contributed by atoms with Crippen molar-refractivity contribution in [2.75, 3.05) is 4.90 Å². The fourth-order valence-electron chi connectivity index (χ4n) is 7.48. The molecule has 0 saturated heterocycles. The van der Waals surface area contributed by atoms with Crippen LogP contribution in [0, 0.1) is 0 Å². The van der Waals surface area contributed by atoms with Crippen LogP contribution < -0.4 is 4.90 Å². The van der Waals surface area contributed by atoms with Crippen molar-refractivity contribution in [1.82, 2.24) is 0 Å². The third kappa shape index (κ3) is 3.04. The van der Waals surface area contributed by atoms with Crippen LogP contribution in [0.5, 0.6) is 0 Å². The maximum atomic E-state index is 13.0. The Morgan fingerprint density at radius 1 is 0.610 bits per heavy atom. The van der Waals surface area contributed by atoms with Crippen molar-refractivity contribution in [3.05, 3.63) is 142 Å². The first-order valence-corrected chi connectivity index (χ1v) is 14.2. The van der Waals surface area contributed by atoms with Crippen molar-refractivity contribution in [2.45, 2.75) is 38.5 Å². The van der Waals surface area contributed by atoms with E-state index in [4.69, 9.17) is 0 Å². The molecule has 2 heterocycles. The average molecular weight is 532 g/mol. The van der Waals surface area contributed by atoms with Crippen molar-refractivity contribution >= 4 is 45.5 Å². The van der Waals surface area contributed by atoms with Gasteiger partial charge in [0.05, 0.1) is 22.6 Å². The van der Waals surface area contributed by atoms with Crippen LogP contribution in [0.15, 0.2) is 103 Å². The van der Waals surface area contributed by atoms with Gasteiger partial charge in [0, 0.05) is 22.0 Å². The fraction of sp³-hybridized carbons (Fsp3) is 0.158. The molecule has 3 nitrogen and oxygen atoms in total. The molecule has 198 valence electrons. The van der Waals surface area contributed by atoms with Crippen molar-refractivity contribution < 1.29 is 9.59 Å². The maximum Gasteiger partial charge on any atom is 0.197 e. The topological polar surface area (TPSA) is 37.4 Å².